The molecule has 3 rings (SSSR count). The zero-order valence-electron chi connectivity index (χ0n) is 15.6. The second kappa shape index (κ2) is 7.82. The smallest absolute Gasteiger partial charge is 0.193 e. The van der Waals surface area contributed by atoms with Gasteiger partial charge in [0.25, 0.3) is 0 Å². The van der Waals surface area contributed by atoms with Gasteiger partial charge in [-0.05, 0) is 66.9 Å². The third-order valence-corrected chi connectivity index (χ3v) is 5.07. The molecule has 0 aliphatic carbocycles. The summed E-state index contributed by atoms with van der Waals surface area (Å²) in [5, 5.41) is 0.871. The zero-order chi connectivity index (χ0) is 20.6. The quantitative estimate of drug-likeness (QED) is 0.403. The average Bonchev–Trinajstić information content (AvgIpc) is 2.61. The first-order valence-electron chi connectivity index (χ1n) is 8.46. The Morgan fingerprint density at radius 2 is 1.43 bits per heavy atom. The van der Waals surface area contributed by atoms with E-state index < -0.39 is 5.82 Å². The molecule has 28 heavy (non-hydrogen) atoms. The topological polar surface area (TPSA) is 52.3 Å². The SMILES string of the molecule is COc1cc(F)cc(C(=O)c2cc(C)c(-c3c(Cl)cc(N)cc3Cl)c(C)c2)c1. The lowest BCUT2D eigenvalue weighted by Crippen LogP contribution is -2.05. The molecule has 0 amide bonds. The van der Waals surface area contributed by atoms with Gasteiger partial charge in [0.1, 0.15) is 11.6 Å². The van der Waals surface area contributed by atoms with Gasteiger partial charge in [0, 0.05) is 28.4 Å². The summed E-state index contributed by atoms with van der Waals surface area (Å²) in [7, 11) is 1.42. The molecule has 0 aliphatic rings. The normalized spacial score (nSPS) is 10.8. The van der Waals surface area contributed by atoms with Crippen LogP contribution in [0.25, 0.3) is 11.1 Å². The van der Waals surface area contributed by atoms with Crippen molar-refractivity contribution in [2.75, 3.05) is 12.8 Å². The minimum absolute atomic E-state index is 0.215. The van der Waals surface area contributed by atoms with Crippen LogP contribution in [0.3, 0.4) is 0 Å². The molecule has 2 N–H and O–H groups in total. The van der Waals surface area contributed by atoms with E-state index in [-0.39, 0.29) is 17.1 Å². The van der Waals surface area contributed by atoms with Gasteiger partial charge in [0.15, 0.2) is 5.78 Å². The highest BCUT2D eigenvalue weighted by molar-refractivity contribution is 6.39. The van der Waals surface area contributed by atoms with Gasteiger partial charge < -0.3 is 10.5 Å². The van der Waals surface area contributed by atoms with Gasteiger partial charge in [0.2, 0.25) is 0 Å². The minimum atomic E-state index is -0.534. The van der Waals surface area contributed by atoms with Crippen molar-refractivity contribution in [3.63, 3.8) is 0 Å². The molecule has 0 unspecified atom stereocenters. The van der Waals surface area contributed by atoms with Crippen molar-refractivity contribution in [3.05, 3.63) is 80.6 Å². The number of ketones is 1. The molecule has 0 aliphatic heterocycles. The fourth-order valence-corrected chi connectivity index (χ4v) is 3.99. The Morgan fingerprint density at radius 3 is 1.96 bits per heavy atom. The highest BCUT2D eigenvalue weighted by Crippen LogP contribution is 2.40. The van der Waals surface area contributed by atoms with E-state index in [0.717, 1.165) is 16.7 Å². The lowest BCUT2D eigenvalue weighted by molar-refractivity contribution is 0.103. The Hall–Kier alpha value is -2.56. The summed E-state index contributed by atoms with van der Waals surface area (Å²) >= 11 is 12.8. The first kappa shape index (κ1) is 20.2. The Bertz CT molecular complexity index is 1050. The van der Waals surface area contributed by atoms with Crippen LogP contribution < -0.4 is 10.5 Å². The standard InChI is InChI=1S/C22H18Cl2FNO2/c1-11-4-13(22(27)14-6-15(25)8-17(7-14)28-3)5-12(2)20(11)21-18(23)9-16(26)10-19(21)24/h4-10H,26H2,1-3H3. The number of ether oxygens (including phenoxy) is 1. The van der Waals surface area contributed by atoms with E-state index in [1.165, 1.54) is 25.3 Å². The van der Waals surface area contributed by atoms with Crippen molar-refractivity contribution in [1.29, 1.82) is 0 Å². The number of carbonyl (C=O) groups is 1. The van der Waals surface area contributed by atoms with E-state index in [9.17, 15) is 9.18 Å². The number of methoxy groups -OCH3 is 1. The van der Waals surface area contributed by atoms with Gasteiger partial charge in [-0.3, -0.25) is 4.79 Å². The summed E-state index contributed by atoms with van der Waals surface area (Å²) in [6.45, 7) is 3.74. The lowest BCUT2D eigenvalue weighted by Gasteiger charge is -2.16. The first-order chi connectivity index (χ1) is 13.2. The van der Waals surface area contributed by atoms with E-state index in [1.807, 2.05) is 13.8 Å². The summed E-state index contributed by atoms with van der Waals surface area (Å²) in [4.78, 5) is 12.9. The number of aryl methyl sites for hydroxylation is 2. The molecule has 144 valence electrons. The number of nitrogens with two attached hydrogens (primary N) is 1. The maximum atomic E-state index is 13.8. The first-order valence-corrected chi connectivity index (χ1v) is 9.22. The third kappa shape index (κ3) is 3.84. The summed E-state index contributed by atoms with van der Waals surface area (Å²) in [6, 6.07) is 10.7. The molecular weight excluding hydrogens is 400 g/mol. The van der Waals surface area contributed by atoms with Crippen molar-refractivity contribution >= 4 is 34.7 Å². The molecule has 0 aromatic heterocycles. The van der Waals surface area contributed by atoms with Crippen molar-refractivity contribution in [2.24, 2.45) is 0 Å². The number of hydrogen-bond acceptors (Lipinski definition) is 3. The van der Waals surface area contributed by atoms with E-state index >= 15 is 0 Å². The molecule has 0 atom stereocenters. The number of anilines is 1. The largest absolute Gasteiger partial charge is 0.497 e. The van der Waals surface area contributed by atoms with Crippen LogP contribution in [0.1, 0.15) is 27.0 Å². The van der Waals surface area contributed by atoms with E-state index in [2.05, 4.69) is 0 Å². The lowest BCUT2D eigenvalue weighted by atomic mass is 9.91. The van der Waals surface area contributed by atoms with Crippen LogP contribution in [0.2, 0.25) is 10.0 Å². The molecule has 3 aromatic rings. The molecular formula is C22H18Cl2FNO2. The molecule has 0 fully saturated rings. The Kier molecular flexibility index (Phi) is 5.64. The number of nitrogen functional groups attached to an aromatic ring is 1. The number of benzene rings is 3. The number of rotatable bonds is 4. The number of halogens is 3. The van der Waals surface area contributed by atoms with Crippen LogP contribution in [-0.2, 0) is 0 Å². The van der Waals surface area contributed by atoms with Crippen molar-refractivity contribution < 1.29 is 13.9 Å². The van der Waals surface area contributed by atoms with Gasteiger partial charge in [-0.2, -0.15) is 0 Å². The second-order valence-electron chi connectivity index (χ2n) is 6.55. The minimum Gasteiger partial charge on any atom is -0.497 e. The monoisotopic (exact) mass is 417 g/mol. The van der Waals surface area contributed by atoms with E-state index in [1.54, 1.807) is 24.3 Å². The van der Waals surface area contributed by atoms with Gasteiger partial charge in [-0.15, -0.1) is 0 Å². The predicted octanol–water partition coefficient (Wildman–Crippen LogP) is 6.24. The maximum absolute atomic E-state index is 13.8. The molecule has 0 spiro atoms. The summed E-state index contributed by atoms with van der Waals surface area (Å²) in [6.07, 6.45) is 0. The molecule has 3 nitrogen and oxygen atoms in total. The highest BCUT2D eigenvalue weighted by atomic mass is 35.5. The maximum Gasteiger partial charge on any atom is 0.193 e. The fraction of sp³-hybridized carbons (Fsp3) is 0.136. The zero-order valence-corrected chi connectivity index (χ0v) is 17.1. The van der Waals surface area contributed by atoms with Gasteiger partial charge in [-0.1, -0.05) is 23.2 Å². The van der Waals surface area contributed by atoms with Crippen LogP contribution >= 0.6 is 23.2 Å². The van der Waals surface area contributed by atoms with Crippen molar-refractivity contribution in [2.45, 2.75) is 13.8 Å². The van der Waals surface area contributed by atoms with Crippen LogP contribution in [0.4, 0.5) is 10.1 Å². The van der Waals surface area contributed by atoms with Gasteiger partial charge >= 0.3 is 0 Å². The molecule has 0 heterocycles. The molecule has 0 saturated carbocycles. The van der Waals surface area contributed by atoms with Crippen molar-refractivity contribution in [3.8, 4) is 16.9 Å². The van der Waals surface area contributed by atoms with Gasteiger partial charge in [0.05, 0.1) is 17.2 Å². The molecule has 6 heteroatoms. The highest BCUT2D eigenvalue weighted by Gasteiger charge is 2.19. The molecule has 3 aromatic carbocycles. The van der Waals surface area contributed by atoms with Crippen LogP contribution in [0.15, 0.2) is 42.5 Å². The van der Waals surface area contributed by atoms with E-state index in [0.29, 0.717) is 26.9 Å². The molecule has 0 saturated heterocycles. The number of carbonyl (C=O) groups excluding carboxylic acids is 1. The summed E-state index contributed by atoms with van der Waals surface area (Å²) in [5.41, 5.74) is 10.1. The van der Waals surface area contributed by atoms with Crippen LogP contribution in [0.5, 0.6) is 5.75 Å². The van der Waals surface area contributed by atoms with Gasteiger partial charge in [-0.25, -0.2) is 4.39 Å². The Balaban J connectivity index is 2.11. The summed E-state index contributed by atoms with van der Waals surface area (Å²) in [5.74, 6) is -0.549. The Labute approximate surface area is 172 Å². The summed E-state index contributed by atoms with van der Waals surface area (Å²) < 4.78 is 18.8. The van der Waals surface area contributed by atoms with E-state index in [4.69, 9.17) is 33.7 Å². The van der Waals surface area contributed by atoms with Crippen LogP contribution in [0, 0.1) is 19.7 Å². The van der Waals surface area contributed by atoms with Crippen molar-refractivity contribution in [1.82, 2.24) is 0 Å². The van der Waals surface area contributed by atoms with Crippen LogP contribution in [-0.4, -0.2) is 12.9 Å². The number of hydrogen-bond donors (Lipinski definition) is 1. The molecule has 0 radical (unpaired) electrons. The molecule has 0 bridgehead atoms. The third-order valence-electron chi connectivity index (χ3n) is 4.48. The average molecular weight is 418 g/mol. The fourth-order valence-electron chi connectivity index (χ4n) is 3.30. The predicted molar refractivity (Wildman–Crippen MR) is 112 cm³/mol. The Morgan fingerprint density at radius 1 is 0.893 bits per heavy atom. The second-order valence-corrected chi connectivity index (χ2v) is 7.37.